The second kappa shape index (κ2) is 9.66. The second-order valence-corrected chi connectivity index (χ2v) is 9.15. The van der Waals surface area contributed by atoms with Gasteiger partial charge in [0.2, 0.25) is 0 Å². The number of primary amides is 1. The van der Waals surface area contributed by atoms with E-state index in [1.807, 2.05) is 13.8 Å². The van der Waals surface area contributed by atoms with Crippen molar-refractivity contribution in [3.8, 4) is 11.5 Å². The zero-order chi connectivity index (χ0) is 23.5. The van der Waals surface area contributed by atoms with Crippen LogP contribution in [-0.2, 0) is 19.4 Å². The molecule has 0 unspecified atom stereocenters. The fourth-order valence-corrected chi connectivity index (χ4v) is 5.34. The van der Waals surface area contributed by atoms with Crippen LogP contribution in [0.5, 0.6) is 11.5 Å². The minimum Gasteiger partial charge on any atom is -0.493 e. The normalized spacial score (nSPS) is 13.2. The molecular formula is C24H27N3O5S. The van der Waals surface area contributed by atoms with Crippen molar-refractivity contribution in [1.82, 2.24) is 5.16 Å². The standard InChI is InChI=1S/C24H27N3O5S/c1-13-17(14(2)32-27-13)12-31-18-10-9-15(11-19(18)30-3)23(29)26-24-21(22(25)28)16-7-5-4-6-8-20(16)33-24/h9-11H,4-8,12H2,1-3H3,(H2,25,28)(H,26,29). The highest BCUT2D eigenvalue weighted by molar-refractivity contribution is 7.17. The van der Waals surface area contributed by atoms with Crippen LogP contribution in [0.15, 0.2) is 22.7 Å². The van der Waals surface area contributed by atoms with Gasteiger partial charge >= 0.3 is 0 Å². The third-order valence-corrected chi connectivity index (χ3v) is 7.08. The average Bonchev–Trinajstić information content (AvgIpc) is 3.20. The number of carbonyl (C=O) groups is 2. The summed E-state index contributed by atoms with van der Waals surface area (Å²) in [6.07, 6.45) is 4.94. The van der Waals surface area contributed by atoms with Crippen molar-refractivity contribution in [3.05, 3.63) is 56.8 Å². The quantitative estimate of drug-likeness (QED) is 0.490. The van der Waals surface area contributed by atoms with Crippen LogP contribution in [-0.4, -0.2) is 24.1 Å². The summed E-state index contributed by atoms with van der Waals surface area (Å²) in [5.74, 6) is 0.762. The van der Waals surface area contributed by atoms with Gasteiger partial charge in [-0.3, -0.25) is 9.59 Å². The summed E-state index contributed by atoms with van der Waals surface area (Å²) in [4.78, 5) is 26.3. The first-order valence-electron chi connectivity index (χ1n) is 10.9. The Kier molecular flexibility index (Phi) is 6.69. The number of aromatic nitrogens is 1. The number of fused-ring (bicyclic) bond motifs is 1. The molecule has 33 heavy (non-hydrogen) atoms. The molecule has 1 aromatic carbocycles. The van der Waals surface area contributed by atoms with Crippen LogP contribution in [0.3, 0.4) is 0 Å². The molecule has 8 nitrogen and oxygen atoms in total. The number of nitrogens with zero attached hydrogens (tertiary/aromatic N) is 1. The van der Waals surface area contributed by atoms with E-state index in [1.54, 1.807) is 18.2 Å². The van der Waals surface area contributed by atoms with Crippen LogP contribution in [0.25, 0.3) is 0 Å². The molecule has 4 rings (SSSR count). The number of nitrogens with two attached hydrogens (primary N) is 1. The summed E-state index contributed by atoms with van der Waals surface area (Å²) >= 11 is 1.45. The Balaban J connectivity index is 1.54. The lowest BCUT2D eigenvalue weighted by atomic mass is 10.1. The van der Waals surface area contributed by atoms with E-state index in [0.29, 0.717) is 33.4 Å². The summed E-state index contributed by atoms with van der Waals surface area (Å²) in [5.41, 5.74) is 9.13. The van der Waals surface area contributed by atoms with E-state index in [0.717, 1.165) is 53.8 Å². The van der Waals surface area contributed by atoms with E-state index < -0.39 is 5.91 Å². The number of hydrogen-bond acceptors (Lipinski definition) is 7. The molecule has 2 heterocycles. The molecule has 9 heteroatoms. The number of aryl methyl sites for hydroxylation is 3. The van der Waals surface area contributed by atoms with Gasteiger partial charge in [0.25, 0.3) is 11.8 Å². The molecule has 1 aliphatic rings. The largest absolute Gasteiger partial charge is 0.493 e. The molecule has 3 aromatic rings. The van der Waals surface area contributed by atoms with Gasteiger partial charge < -0.3 is 25.0 Å². The topological polar surface area (TPSA) is 117 Å². The van der Waals surface area contributed by atoms with E-state index in [2.05, 4.69) is 10.5 Å². The molecule has 0 bridgehead atoms. The summed E-state index contributed by atoms with van der Waals surface area (Å²) in [7, 11) is 1.52. The average molecular weight is 470 g/mol. The van der Waals surface area contributed by atoms with Gasteiger partial charge in [-0.25, -0.2) is 0 Å². The number of ether oxygens (including phenoxy) is 2. The number of methoxy groups -OCH3 is 1. The predicted octanol–water partition coefficient (Wildman–Crippen LogP) is 4.56. The highest BCUT2D eigenvalue weighted by atomic mass is 32.1. The Hall–Kier alpha value is -3.33. The van der Waals surface area contributed by atoms with Crippen molar-refractivity contribution < 1.29 is 23.6 Å². The number of amides is 2. The van der Waals surface area contributed by atoms with E-state index >= 15 is 0 Å². The van der Waals surface area contributed by atoms with E-state index in [1.165, 1.54) is 18.4 Å². The lowest BCUT2D eigenvalue weighted by molar-refractivity contribution is 0.100. The molecule has 0 saturated carbocycles. The van der Waals surface area contributed by atoms with Gasteiger partial charge in [-0.05, 0) is 63.3 Å². The molecule has 0 saturated heterocycles. The third kappa shape index (κ3) is 4.73. The van der Waals surface area contributed by atoms with Crippen LogP contribution >= 0.6 is 11.3 Å². The van der Waals surface area contributed by atoms with E-state index in [4.69, 9.17) is 19.7 Å². The van der Waals surface area contributed by atoms with Gasteiger partial charge in [0.15, 0.2) is 11.5 Å². The number of anilines is 1. The fourth-order valence-electron chi connectivity index (χ4n) is 4.05. The summed E-state index contributed by atoms with van der Waals surface area (Å²) in [6, 6.07) is 4.95. The number of hydrogen-bond donors (Lipinski definition) is 2. The van der Waals surface area contributed by atoms with E-state index in [9.17, 15) is 9.59 Å². The second-order valence-electron chi connectivity index (χ2n) is 8.04. The number of nitrogens with one attached hydrogen (secondary N) is 1. The molecule has 3 N–H and O–H groups in total. The van der Waals surface area contributed by atoms with Gasteiger partial charge in [0.1, 0.15) is 17.4 Å². The highest BCUT2D eigenvalue weighted by Gasteiger charge is 2.25. The van der Waals surface area contributed by atoms with Gasteiger partial charge in [-0.2, -0.15) is 0 Å². The molecule has 2 aromatic heterocycles. The van der Waals surface area contributed by atoms with Gasteiger partial charge in [-0.15, -0.1) is 11.3 Å². The maximum atomic E-state index is 13.0. The minimum atomic E-state index is -0.509. The van der Waals surface area contributed by atoms with Crippen LogP contribution in [0, 0.1) is 13.8 Å². The Morgan fingerprint density at radius 2 is 1.97 bits per heavy atom. The first-order chi connectivity index (χ1) is 15.9. The first-order valence-corrected chi connectivity index (χ1v) is 11.7. The van der Waals surface area contributed by atoms with Crippen molar-refractivity contribution >= 4 is 28.2 Å². The summed E-state index contributed by atoms with van der Waals surface area (Å²) in [5, 5.41) is 7.32. The molecule has 0 fully saturated rings. The molecule has 174 valence electrons. The monoisotopic (exact) mass is 469 g/mol. The van der Waals surface area contributed by atoms with Crippen LogP contribution < -0.4 is 20.5 Å². The number of benzene rings is 1. The lowest BCUT2D eigenvalue weighted by Crippen LogP contribution is -2.18. The third-order valence-electron chi connectivity index (χ3n) is 5.87. The van der Waals surface area contributed by atoms with Crippen molar-refractivity contribution in [3.63, 3.8) is 0 Å². The van der Waals surface area contributed by atoms with Crippen LogP contribution in [0.4, 0.5) is 5.00 Å². The van der Waals surface area contributed by atoms with Crippen LogP contribution in [0.2, 0.25) is 0 Å². The van der Waals surface area contributed by atoms with Gasteiger partial charge in [0.05, 0.1) is 23.9 Å². The molecule has 0 radical (unpaired) electrons. The maximum absolute atomic E-state index is 13.0. The van der Waals surface area contributed by atoms with Crippen molar-refractivity contribution in [2.75, 3.05) is 12.4 Å². The SMILES string of the molecule is COc1cc(C(=O)Nc2sc3c(c2C(N)=O)CCCCC3)ccc1OCc1c(C)noc1C. The van der Waals surface area contributed by atoms with Crippen molar-refractivity contribution in [1.29, 1.82) is 0 Å². The fraction of sp³-hybridized carbons (Fsp3) is 0.375. The Morgan fingerprint density at radius 3 is 2.67 bits per heavy atom. The molecule has 1 aliphatic carbocycles. The molecule has 0 spiro atoms. The molecule has 0 atom stereocenters. The number of carbonyl (C=O) groups excluding carboxylic acids is 2. The van der Waals surface area contributed by atoms with Crippen LogP contribution in [0.1, 0.15) is 67.4 Å². The lowest BCUT2D eigenvalue weighted by Gasteiger charge is -2.12. The molecule has 2 amide bonds. The number of thiophene rings is 1. The molecular weight excluding hydrogens is 442 g/mol. The predicted molar refractivity (Wildman–Crippen MR) is 125 cm³/mol. The Bertz CT molecular complexity index is 1180. The Morgan fingerprint density at radius 1 is 1.18 bits per heavy atom. The Labute approximate surface area is 196 Å². The molecule has 0 aliphatic heterocycles. The van der Waals surface area contributed by atoms with E-state index in [-0.39, 0.29) is 12.5 Å². The first kappa shape index (κ1) is 22.8. The minimum absolute atomic E-state index is 0.270. The summed E-state index contributed by atoms with van der Waals surface area (Å²) in [6.45, 7) is 3.95. The smallest absolute Gasteiger partial charge is 0.256 e. The zero-order valence-corrected chi connectivity index (χ0v) is 19.8. The van der Waals surface area contributed by atoms with Crippen molar-refractivity contribution in [2.45, 2.75) is 52.6 Å². The zero-order valence-electron chi connectivity index (χ0n) is 18.9. The summed E-state index contributed by atoms with van der Waals surface area (Å²) < 4.78 is 16.5. The number of rotatable bonds is 7. The van der Waals surface area contributed by atoms with Gasteiger partial charge in [0, 0.05) is 10.4 Å². The maximum Gasteiger partial charge on any atom is 0.256 e. The highest BCUT2D eigenvalue weighted by Crippen LogP contribution is 2.38. The van der Waals surface area contributed by atoms with Gasteiger partial charge in [-0.1, -0.05) is 11.6 Å². The van der Waals surface area contributed by atoms with Crippen molar-refractivity contribution in [2.24, 2.45) is 5.73 Å².